The van der Waals surface area contributed by atoms with Gasteiger partial charge in [-0.25, -0.2) is 0 Å². The number of nitrogens with zero attached hydrogens (tertiary/aromatic N) is 1. The third-order valence-electron chi connectivity index (χ3n) is 4.90. The van der Waals surface area contributed by atoms with Crippen LogP contribution in [0, 0.1) is 0 Å². The van der Waals surface area contributed by atoms with E-state index < -0.39 is 0 Å². The van der Waals surface area contributed by atoms with Gasteiger partial charge in [0.2, 0.25) is 0 Å². The highest BCUT2D eigenvalue weighted by molar-refractivity contribution is 6.07. The molecule has 31 heavy (non-hydrogen) atoms. The summed E-state index contributed by atoms with van der Waals surface area (Å²) < 4.78 is 5.63. The fraction of sp³-hybridized carbons (Fsp3) is 0.231. The van der Waals surface area contributed by atoms with Crippen LogP contribution in [-0.2, 0) is 0 Å². The lowest BCUT2D eigenvalue weighted by molar-refractivity contribution is 0.0987. The van der Waals surface area contributed by atoms with Crippen molar-refractivity contribution in [3.8, 4) is 5.75 Å². The number of carbonyl (C=O) groups is 2. The van der Waals surface area contributed by atoms with E-state index in [0.29, 0.717) is 30.0 Å². The van der Waals surface area contributed by atoms with E-state index in [2.05, 4.69) is 12.2 Å². The van der Waals surface area contributed by atoms with Gasteiger partial charge in [0.25, 0.3) is 11.8 Å². The molecule has 0 aliphatic heterocycles. The fourth-order valence-corrected chi connectivity index (χ4v) is 3.14. The summed E-state index contributed by atoms with van der Waals surface area (Å²) >= 11 is 0. The lowest BCUT2D eigenvalue weighted by Gasteiger charge is -2.21. The van der Waals surface area contributed by atoms with Crippen LogP contribution in [0.3, 0.4) is 0 Å². The van der Waals surface area contributed by atoms with Crippen molar-refractivity contribution in [3.63, 3.8) is 0 Å². The first-order valence-electron chi connectivity index (χ1n) is 10.6. The van der Waals surface area contributed by atoms with Gasteiger partial charge < -0.3 is 15.0 Å². The Labute approximate surface area is 183 Å². The number of nitrogens with one attached hydrogen (secondary N) is 1. The van der Waals surface area contributed by atoms with Crippen LogP contribution in [0.1, 0.15) is 47.4 Å². The molecule has 0 aliphatic carbocycles. The van der Waals surface area contributed by atoms with Crippen LogP contribution >= 0.6 is 0 Å². The van der Waals surface area contributed by atoms with Gasteiger partial charge in [0.05, 0.1) is 6.61 Å². The summed E-state index contributed by atoms with van der Waals surface area (Å²) in [5.41, 5.74) is 2.60. The number of unbranched alkanes of at least 4 members (excludes halogenated alkanes) is 1. The number of anilines is 2. The molecule has 5 nitrogen and oxygen atoms in total. The van der Waals surface area contributed by atoms with E-state index in [0.717, 1.165) is 24.3 Å². The van der Waals surface area contributed by atoms with E-state index in [1.54, 1.807) is 53.4 Å². The molecule has 2 amide bonds. The lowest BCUT2D eigenvalue weighted by atomic mass is 10.1. The largest absolute Gasteiger partial charge is 0.494 e. The number of para-hydroxylation sites is 1. The summed E-state index contributed by atoms with van der Waals surface area (Å²) in [7, 11) is 0. The average Bonchev–Trinajstić information content (AvgIpc) is 2.81. The molecule has 3 aromatic carbocycles. The molecule has 0 fully saturated rings. The Bertz CT molecular complexity index is 983. The number of carbonyl (C=O) groups excluding carboxylic acids is 2. The minimum Gasteiger partial charge on any atom is -0.494 e. The highest BCUT2D eigenvalue weighted by Gasteiger charge is 2.16. The standard InChI is InChI=1S/C26H28N2O3/c1-3-5-19-31-24-17-13-20(14-18-24)25(29)27-22-15-11-21(12-16-22)26(30)28(4-2)23-9-7-6-8-10-23/h6-18H,3-5,19H2,1-2H3,(H,27,29). The lowest BCUT2D eigenvalue weighted by Crippen LogP contribution is -2.30. The molecule has 0 radical (unpaired) electrons. The molecular formula is C26H28N2O3. The number of benzene rings is 3. The molecule has 3 rings (SSSR count). The molecule has 0 saturated carbocycles. The number of hydrogen-bond acceptors (Lipinski definition) is 3. The summed E-state index contributed by atoms with van der Waals surface area (Å²) in [5, 5.41) is 2.87. The maximum atomic E-state index is 12.9. The Hall–Kier alpha value is -3.60. The van der Waals surface area contributed by atoms with Gasteiger partial charge in [0, 0.05) is 29.0 Å². The summed E-state index contributed by atoms with van der Waals surface area (Å²) in [6.45, 7) is 5.30. The molecule has 160 valence electrons. The monoisotopic (exact) mass is 416 g/mol. The highest BCUT2D eigenvalue weighted by Crippen LogP contribution is 2.19. The number of rotatable bonds is 9. The van der Waals surface area contributed by atoms with Crippen molar-refractivity contribution in [1.82, 2.24) is 0 Å². The van der Waals surface area contributed by atoms with Crippen molar-refractivity contribution in [2.45, 2.75) is 26.7 Å². The Morgan fingerprint density at radius 3 is 2.10 bits per heavy atom. The van der Waals surface area contributed by atoms with Crippen LogP contribution in [0.5, 0.6) is 5.75 Å². The third-order valence-corrected chi connectivity index (χ3v) is 4.90. The van der Waals surface area contributed by atoms with E-state index in [-0.39, 0.29) is 11.8 Å². The van der Waals surface area contributed by atoms with Crippen LogP contribution in [0.2, 0.25) is 0 Å². The van der Waals surface area contributed by atoms with Gasteiger partial charge in [-0.1, -0.05) is 31.5 Å². The maximum Gasteiger partial charge on any atom is 0.258 e. The maximum absolute atomic E-state index is 12.9. The summed E-state index contributed by atoms with van der Waals surface area (Å²) in [6, 6.07) is 23.6. The van der Waals surface area contributed by atoms with Crippen LogP contribution < -0.4 is 15.0 Å². The smallest absolute Gasteiger partial charge is 0.258 e. The van der Waals surface area contributed by atoms with Crippen molar-refractivity contribution in [2.24, 2.45) is 0 Å². The van der Waals surface area contributed by atoms with E-state index in [4.69, 9.17) is 4.74 Å². The molecule has 0 saturated heterocycles. The minimum atomic E-state index is -0.210. The van der Waals surface area contributed by atoms with Gasteiger partial charge in [-0.05, 0) is 74.0 Å². The molecule has 0 atom stereocenters. The van der Waals surface area contributed by atoms with Gasteiger partial charge in [-0.15, -0.1) is 0 Å². The van der Waals surface area contributed by atoms with Gasteiger partial charge in [-0.2, -0.15) is 0 Å². The first kappa shape index (κ1) is 22.1. The van der Waals surface area contributed by atoms with Gasteiger partial charge in [-0.3, -0.25) is 9.59 Å². The van der Waals surface area contributed by atoms with E-state index >= 15 is 0 Å². The Balaban J connectivity index is 1.62. The normalized spacial score (nSPS) is 10.4. The molecule has 5 heteroatoms. The van der Waals surface area contributed by atoms with Crippen LogP contribution in [0.15, 0.2) is 78.9 Å². The van der Waals surface area contributed by atoms with Gasteiger partial charge in [0.1, 0.15) is 5.75 Å². The first-order chi connectivity index (χ1) is 15.1. The zero-order valence-corrected chi connectivity index (χ0v) is 18.0. The van der Waals surface area contributed by atoms with E-state index in [1.165, 1.54) is 0 Å². The van der Waals surface area contributed by atoms with Crippen LogP contribution in [0.25, 0.3) is 0 Å². The fourth-order valence-electron chi connectivity index (χ4n) is 3.14. The Morgan fingerprint density at radius 2 is 1.48 bits per heavy atom. The average molecular weight is 417 g/mol. The second-order valence-corrected chi connectivity index (χ2v) is 7.14. The van der Waals surface area contributed by atoms with Crippen molar-refractivity contribution >= 4 is 23.2 Å². The summed E-state index contributed by atoms with van der Waals surface area (Å²) in [6.07, 6.45) is 2.08. The summed E-state index contributed by atoms with van der Waals surface area (Å²) in [5.74, 6) is 0.468. The predicted molar refractivity (Wildman–Crippen MR) is 125 cm³/mol. The SMILES string of the molecule is CCCCOc1ccc(C(=O)Nc2ccc(C(=O)N(CC)c3ccccc3)cc2)cc1. The van der Waals surface area contributed by atoms with Crippen molar-refractivity contribution in [3.05, 3.63) is 90.0 Å². The van der Waals surface area contributed by atoms with Gasteiger partial charge in [0.15, 0.2) is 0 Å². The van der Waals surface area contributed by atoms with E-state index in [9.17, 15) is 9.59 Å². The van der Waals surface area contributed by atoms with Gasteiger partial charge >= 0.3 is 0 Å². The Morgan fingerprint density at radius 1 is 0.839 bits per heavy atom. The predicted octanol–water partition coefficient (Wildman–Crippen LogP) is 5.78. The van der Waals surface area contributed by atoms with Crippen molar-refractivity contribution in [2.75, 3.05) is 23.4 Å². The molecule has 0 spiro atoms. The summed E-state index contributed by atoms with van der Waals surface area (Å²) in [4.78, 5) is 27.1. The molecule has 3 aromatic rings. The molecule has 0 bridgehead atoms. The quantitative estimate of drug-likeness (QED) is 0.450. The zero-order chi connectivity index (χ0) is 22.1. The topological polar surface area (TPSA) is 58.6 Å². The second kappa shape index (κ2) is 11.0. The van der Waals surface area contributed by atoms with E-state index in [1.807, 2.05) is 37.3 Å². The molecule has 0 unspecified atom stereocenters. The molecular weight excluding hydrogens is 388 g/mol. The molecule has 0 aliphatic rings. The first-order valence-corrected chi connectivity index (χ1v) is 10.6. The van der Waals surface area contributed by atoms with Crippen molar-refractivity contribution < 1.29 is 14.3 Å². The van der Waals surface area contributed by atoms with Crippen LogP contribution in [0.4, 0.5) is 11.4 Å². The zero-order valence-electron chi connectivity index (χ0n) is 18.0. The molecule has 0 heterocycles. The number of ether oxygens (including phenoxy) is 1. The molecule has 1 N–H and O–H groups in total. The number of hydrogen-bond donors (Lipinski definition) is 1. The third kappa shape index (κ3) is 5.95. The Kier molecular flexibility index (Phi) is 7.82. The highest BCUT2D eigenvalue weighted by atomic mass is 16.5. The second-order valence-electron chi connectivity index (χ2n) is 7.14. The van der Waals surface area contributed by atoms with Crippen molar-refractivity contribution in [1.29, 1.82) is 0 Å². The molecule has 0 aromatic heterocycles. The number of amides is 2. The minimum absolute atomic E-state index is 0.0785. The van der Waals surface area contributed by atoms with Crippen LogP contribution in [-0.4, -0.2) is 25.0 Å².